The second-order valence-electron chi connectivity index (χ2n) is 8.43. The molecule has 2 heterocycles. The predicted molar refractivity (Wildman–Crippen MR) is 124 cm³/mol. The first-order valence-electron chi connectivity index (χ1n) is 10.9. The monoisotopic (exact) mass is 460 g/mol. The van der Waals surface area contributed by atoms with Crippen LogP contribution in [-0.4, -0.2) is 59.5 Å². The van der Waals surface area contributed by atoms with E-state index in [2.05, 4.69) is 5.10 Å². The van der Waals surface area contributed by atoms with Crippen LogP contribution >= 0.6 is 0 Å². The van der Waals surface area contributed by atoms with Crippen LogP contribution in [0.15, 0.2) is 21.8 Å². The largest absolute Gasteiger partial charge is 0.335 e. The first-order valence-corrected chi connectivity index (χ1v) is 12.4. The Kier molecular flexibility index (Phi) is 6.90. The zero-order chi connectivity index (χ0) is 23.8. The highest BCUT2D eigenvalue weighted by Crippen LogP contribution is 2.32. The average molecular weight is 461 g/mol. The van der Waals surface area contributed by atoms with Crippen molar-refractivity contribution in [3.63, 3.8) is 0 Å². The van der Waals surface area contributed by atoms with Gasteiger partial charge in [-0.15, -0.1) is 0 Å². The lowest BCUT2D eigenvalue weighted by Gasteiger charge is -2.34. The van der Waals surface area contributed by atoms with Gasteiger partial charge in [0.2, 0.25) is 10.0 Å². The molecule has 1 fully saturated rings. The van der Waals surface area contributed by atoms with Gasteiger partial charge in [0.05, 0.1) is 4.90 Å². The number of amides is 1. The van der Waals surface area contributed by atoms with E-state index in [-0.39, 0.29) is 43.3 Å². The molecule has 0 aliphatic carbocycles. The van der Waals surface area contributed by atoms with E-state index in [0.29, 0.717) is 11.4 Å². The lowest BCUT2D eigenvalue weighted by molar-refractivity contribution is 0.0689. The van der Waals surface area contributed by atoms with Crippen LogP contribution in [0.1, 0.15) is 51.7 Å². The van der Waals surface area contributed by atoms with Gasteiger partial charge >= 0.3 is 0 Å². The molecule has 1 saturated heterocycles. The molecule has 0 unspecified atom stereocenters. The highest BCUT2D eigenvalue weighted by Gasteiger charge is 2.33. The molecule has 1 aromatic carbocycles. The summed E-state index contributed by atoms with van der Waals surface area (Å²) in [5, 5.41) is 4.18. The van der Waals surface area contributed by atoms with Gasteiger partial charge in [0.15, 0.2) is 0 Å². The second-order valence-corrected chi connectivity index (χ2v) is 10.3. The molecule has 0 N–H and O–H groups in total. The van der Waals surface area contributed by atoms with E-state index in [0.717, 1.165) is 34.2 Å². The van der Waals surface area contributed by atoms with Gasteiger partial charge in [0.1, 0.15) is 5.69 Å². The summed E-state index contributed by atoms with van der Waals surface area (Å²) in [5.41, 5.74) is 4.63. The van der Waals surface area contributed by atoms with Gasteiger partial charge in [0.25, 0.3) is 11.5 Å². The summed E-state index contributed by atoms with van der Waals surface area (Å²) in [6, 6.07) is 2.79. The van der Waals surface area contributed by atoms with Crippen molar-refractivity contribution in [2.75, 3.05) is 26.2 Å². The quantitative estimate of drug-likeness (QED) is 0.683. The number of aromatic nitrogens is 2. The van der Waals surface area contributed by atoms with Crippen molar-refractivity contribution in [3.8, 4) is 0 Å². The van der Waals surface area contributed by atoms with E-state index in [4.69, 9.17) is 0 Å². The topological polar surface area (TPSA) is 92.6 Å². The number of sulfonamides is 1. The van der Waals surface area contributed by atoms with Crippen molar-refractivity contribution < 1.29 is 13.2 Å². The van der Waals surface area contributed by atoms with E-state index < -0.39 is 10.0 Å². The molecule has 0 radical (unpaired) electrons. The summed E-state index contributed by atoms with van der Waals surface area (Å²) in [7, 11) is -3.68. The lowest BCUT2D eigenvalue weighted by atomic mass is 9.95. The van der Waals surface area contributed by atoms with Gasteiger partial charge in [0, 0.05) is 38.8 Å². The Morgan fingerprint density at radius 3 is 1.97 bits per heavy atom. The number of rotatable bonds is 5. The molecule has 8 nitrogen and oxygen atoms in total. The minimum absolute atomic E-state index is 0.200. The van der Waals surface area contributed by atoms with E-state index >= 15 is 0 Å². The zero-order valence-electron chi connectivity index (χ0n) is 19.7. The summed E-state index contributed by atoms with van der Waals surface area (Å²) in [6.45, 7) is 13.0. The minimum atomic E-state index is -3.68. The number of aryl methyl sites for hydroxylation is 1. The molecule has 1 aliphatic heterocycles. The zero-order valence-corrected chi connectivity index (χ0v) is 20.5. The fourth-order valence-electron chi connectivity index (χ4n) is 4.21. The third-order valence-electron chi connectivity index (χ3n) is 6.58. The van der Waals surface area contributed by atoms with Gasteiger partial charge in [-0.3, -0.25) is 9.59 Å². The first kappa shape index (κ1) is 24.1. The first-order chi connectivity index (χ1) is 15.0. The number of nitrogens with zero attached hydrogens (tertiary/aromatic N) is 4. The van der Waals surface area contributed by atoms with Crippen LogP contribution in [0.4, 0.5) is 0 Å². The number of carbonyl (C=O) groups is 1. The van der Waals surface area contributed by atoms with Crippen molar-refractivity contribution in [2.45, 2.75) is 59.4 Å². The Morgan fingerprint density at radius 1 is 0.906 bits per heavy atom. The van der Waals surface area contributed by atoms with E-state index in [9.17, 15) is 18.0 Å². The molecule has 0 saturated carbocycles. The fourth-order valence-corrected chi connectivity index (χ4v) is 6.19. The minimum Gasteiger partial charge on any atom is -0.335 e. The molecular formula is C23H32N4O4S. The van der Waals surface area contributed by atoms with Gasteiger partial charge in [-0.25, -0.2) is 13.1 Å². The molecule has 0 atom stereocenters. The number of carbonyl (C=O) groups excluding carboxylic acids is 1. The Labute approximate surface area is 189 Å². The fraction of sp³-hybridized carbons (Fsp3) is 0.522. The third kappa shape index (κ3) is 4.23. The van der Waals surface area contributed by atoms with Gasteiger partial charge in [-0.1, -0.05) is 6.92 Å². The lowest BCUT2D eigenvalue weighted by Crippen LogP contribution is -2.51. The molecule has 1 aromatic heterocycles. The number of hydrogen-bond donors (Lipinski definition) is 0. The molecule has 9 heteroatoms. The Morgan fingerprint density at radius 2 is 1.44 bits per heavy atom. The van der Waals surface area contributed by atoms with Crippen LogP contribution < -0.4 is 5.56 Å². The molecular weight excluding hydrogens is 428 g/mol. The molecule has 0 bridgehead atoms. The van der Waals surface area contributed by atoms with Crippen LogP contribution in [0.2, 0.25) is 0 Å². The van der Waals surface area contributed by atoms with Gasteiger partial charge in [-0.05, 0) is 74.9 Å². The SMILES string of the molecule is CCCn1nc(C(=O)N2CCN(S(=O)(=O)c3c(C)c(C)c(C)c(C)c3C)CC2)ccc1=O. The molecule has 3 rings (SSSR count). The summed E-state index contributed by atoms with van der Waals surface area (Å²) < 4.78 is 29.8. The number of benzene rings is 1. The van der Waals surface area contributed by atoms with Gasteiger partial charge < -0.3 is 4.90 Å². The van der Waals surface area contributed by atoms with Crippen molar-refractivity contribution in [1.29, 1.82) is 0 Å². The molecule has 32 heavy (non-hydrogen) atoms. The summed E-state index contributed by atoms with van der Waals surface area (Å²) >= 11 is 0. The second kappa shape index (κ2) is 9.15. The molecule has 0 spiro atoms. The van der Waals surface area contributed by atoms with Crippen LogP contribution in [0.3, 0.4) is 0 Å². The summed E-state index contributed by atoms with van der Waals surface area (Å²) in [4.78, 5) is 26.8. The predicted octanol–water partition coefficient (Wildman–Crippen LogP) is 2.34. The number of hydrogen-bond acceptors (Lipinski definition) is 5. The smallest absolute Gasteiger partial charge is 0.274 e. The highest BCUT2D eigenvalue weighted by atomic mass is 32.2. The maximum atomic E-state index is 13.5. The van der Waals surface area contributed by atoms with Crippen molar-refractivity contribution in [1.82, 2.24) is 19.0 Å². The molecule has 1 aliphatic rings. The van der Waals surface area contributed by atoms with Crippen molar-refractivity contribution >= 4 is 15.9 Å². The summed E-state index contributed by atoms with van der Waals surface area (Å²) in [5.74, 6) is -0.290. The maximum Gasteiger partial charge on any atom is 0.274 e. The van der Waals surface area contributed by atoms with E-state index in [1.165, 1.54) is 21.1 Å². The van der Waals surface area contributed by atoms with Crippen LogP contribution in [0.5, 0.6) is 0 Å². The van der Waals surface area contributed by atoms with Crippen molar-refractivity contribution in [2.24, 2.45) is 0 Å². The van der Waals surface area contributed by atoms with E-state index in [1.54, 1.807) is 4.90 Å². The summed E-state index contributed by atoms with van der Waals surface area (Å²) in [6.07, 6.45) is 0.734. The van der Waals surface area contributed by atoms with E-state index in [1.807, 2.05) is 41.5 Å². The molecule has 1 amide bonds. The number of piperazine rings is 1. The van der Waals surface area contributed by atoms with Crippen LogP contribution in [-0.2, 0) is 16.6 Å². The highest BCUT2D eigenvalue weighted by molar-refractivity contribution is 7.89. The van der Waals surface area contributed by atoms with Crippen molar-refractivity contribution in [3.05, 3.63) is 56.0 Å². The molecule has 174 valence electrons. The molecule has 2 aromatic rings. The Hall–Kier alpha value is -2.52. The van der Waals surface area contributed by atoms with Crippen LogP contribution in [0, 0.1) is 34.6 Å². The Balaban J connectivity index is 1.81. The third-order valence-corrected chi connectivity index (χ3v) is 8.75. The maximum absolute atomic E-state index is 13.5. The normalized spacial score (nSPS) is 15.2. The average Bonchev–Trinajstić information content (AvgIpc) is 2.77. The standard InChI is InChI=1S/C23H32N4O4S/c1-7-10-27-21(28)9-8-20(24-27)23(29)25-11-13-26(14-12-25)32(30,31)22-18(5)16(3)15(2)17(4)19(22)6/h8-9H,7,10-14H2,1-6H3. The Bertz CT molecular complexity index is 1180. The van der Waals surface area contributed by atoms with Gasteiger partial charge in [-0.2, -0.15) is 9.40 Å². The van der Waals surface area contributed by atoms with Crippen LogP contribution in [0.25, 0.3) is 0 Å².